The van der Waals surface area contributed by atoms with Gasteiger partial charge in [0.05, 0.1) is 11.2 Å². The Morgan fingerprint density at radius 3 is 3.00 bits per heavy atom. The second-order valence-electron chi connectivity index (χ2n) is 4.98. The van der Waals surface area contributed by atoms with Crippen molar-refractivity contribution in [3.63, 3.8) is 0 Å². The number of carbonyl (C=O) groups is 1. The summed E-state index contributed by atoms with van der Waals surface area (Å²) in [4.78, 5) is 17.5. The van der Waals surface area contributed by atoms with E-state index in [9.17, 15) is 4.79 Å². The minimum atomic E-state index is -0.215. The first-order valence-corrected chi connectivity index (χ1v) is 7.90. The van der Waals surface area contributed by atoms with Gasteiger partial charge in [0.1, 0.15) is 5.82 Å². The Hall–Kier alpha value is -1.89. The SMILES string of the molecule is CCCn1nccc1NC(=O)NC[C@@H](C)c1ncc(C)s1. The average molecular weight is 307 g/mol. The maximum Gasteiger partial charge on any atom is 0.320 e. The molecule has 7 heteroatoms. The molecule has 2 rings (SSSR count). The van der Waals surface area contributed by atoms with Crippen molar-refractivity contribution in [2.45, 2.75) is 39.7 Å². The third kappa shape index (κ3) is 4.29. The van der Waals surface area contributed by atoms with Crippen molar-refractivity contribution in [2.24, 2.45) is 0 Å². The molecule has 114 valence electrons. The van der Waals surface area contributed by atoms with Gasteiger partial charge in [-0.15, -0.1) is 11.3 Å². The third-order valence-corrected chi connectivity index (χ3v) is 4.17. The summed E-state index contributed by atoms with van der Waals surface area (Å²) in [6.07, 6.45) is 4.52. The third-order valence-electron chi connectivity index (χ3n) is 3.02. The Labute approximate surface area is 128 Å². The number of hydrogen-bond acceptors (Lipinski definition) is 4. The molecule has 0 aliphatic heterocycles. The highest BCUT2D eigenvalue weighted by molar-refractivity contribution is 7.11. The van der Waals surface area contributed by atoms with Gasteiger partial charge in [-0.3, -0.25) is 5.32 Å². The number of anilines is 1. The number of urea groups is 1. The smallest absolute Gasteiger partial charge is 0.320 e. The van der Waals surface area contributed by atoms with Crippen LogP contribution in [0.4, 0.5) is 10.6 Å². The molecule has 2 aromatic heterocycles. The molecular formula is C14H21N5OS. The zero-order valence-corrected chi connectivity index (χ0v) is 13.4. The summed E-state index contributed by atoms with van der Waals surface area (Å²) in [6, 6.07) is 1.58. The van der Waals surface area contributed by atoms with E-state index in [0.29, 0.717) is 12.4 Å². The molecule has 0 aliphatic rings. The van der Waals surface area contributed by atoms with Gasteiger partial charge >= 0.3 is 6.03 Å². The summed E-state index contributed by atoms with van der Waals surface area (Å²) >= 11 is 1.66. The van der Waals surface area contributed by atoms with Gasteiger partial charge in [-0.2, -0.15) is 5.10 Å². The molecular weight excluding hydrogens is 286 g/mol. The monoisotopic (exact) mass is 307 g/mol. The van der Waals surface area contributed by atoms with E-state index in [1.807, 2.05) is 13.1 Å². The van der Waals surface area contributed by atoms with E-state index in [4.69, 9.17) is 0 Å². The number of nitrogens with zero attached hydrogens (tertiary/aromatic N) is 3. The molecule has 21 heavy (non-hydrogen) atoms. The highest BCUT2D eigenvalue weighted by Crippen LogP contribution is 2.20. The predicted octanol–water partition coefficient (Wildman–Crippen LogP) is 2.98. The second-order valence-corrected chi connectivity index (χ2v) is 6.25. The zero-order valence-electron chi connectivity index (χ0n) is 12.6. The van der Waals surface area contributed by atoms with Gasteiger partial charge in [0, 0.05) is 36.1 Å². The molecule has 6 nitrogen and oxygen atoms in total. The highest BCUT2D eigenvalue weighted by atomic mass is 32.1. The lowest BCUT2D eigenvalue weighted by atomic mass is 10.2. The van der Waals surface area contributed by atoms with Crippen LogP contribution >= 0.6 is 11.3 Å². The molecule has 0 spiro atoms. The Morgan fingerprint density at radius 2 is 2.33 bits per heavy atom. The second kappa shape index (κ2) is 7.21. The lowest BCUT2D eigenvalue weighted by molar-refractivity contribution is 0.251. The van der Waals surface area contributed by atoms with Crippen molar-refractivity contribution in [3.8, 4) is 0 Å². The largest absolute Gasteiger partial charge is 0.337 e. The molecule has 0 aliphatic carbocycles. The van der Waals surface area contributed by atoms with E-state index in [0.717, 1.165) is 18.0 Å². The number of amides is 2. The van der Waals surface area contributed by atoms with Crippen LogP contribution in [0.3, 0.4) is 0 Å². The Morgan fingerprint density at radius 1 is 1.52 bits per heavy atom. The highest BCUT2D eigenvalue weighted by Gasteiger charge is 2.12. The molecule has 0 saturated heterocycles. The maximum atomic E-state index is 11.9. The summed E-state index contributed by atoms with van der Waals surface area (Å²) in [7, 11) is 0. The molecule has 0 aromatic carbocycles. The first-order chi connectivity index (χ1) is 10.1. The Balaban J connectivity index is 1.83. The summed E-state index contributed by atoms with van der Waals surface area (Å²) in [5, 5.41) is 10.9. The van der Waals surface area contributed by atoms with Crippen LogP contribution in [0.15, 0.2) is 18.5 Å². The van der Waals surface area contributed by atoms with E-state index in [-0.39, 0.29) is 11.9 Å². The first-order valence-electron chi connectivity index (χ1n) is 7.09. The lowest BCUT2D eigenvalue weighted by Crippen LogP contribution is -2.32. The fourth-order valence-corrected chi connectivity index (χ4v) is 2.75. The first kappa shape index (κ1) is 15.5. The van der Waals surface area contributed by atoms with E-state index in [1.165, 1.54) is 4.88 Å². The van der Waals surface area contributed by atoms with Crippen LogP contribution in [0.1, 0.15) is 36.1 Å². The van der Waals surface area contributed by atoms with Crippen LogP contribution in [-0.4, -0.2) is 27.3 Å². The topological polar surface area (TPSA) is 71.8 Å². The molecule has 0 saturated carbocycles. The number of aromatic nitrogens is 3. The van der Waals surface area contributed by atoms with Crippen molar-refractivity contribution < 1.29 is 4.79 Å². The van der Waals surface area contributed by atoms with Gasteiger partial charge in [0.2, 0.25) is 0 Å². The number of hydrogen-bond donors (Lipinski definition) is 2. The quantitative estimate of drug-likeness (QED) is 0.861. The van der Waals surface area contributed by atoms with Crippen molar-refractivity contribution in [3.05, 3.63) is 28.3 Å². The molecule has 2 aromatic rings. The maximum absolute atomic E-state index is 11.9. The van der Waals surface area contributed by atoms with Gasteiger partial charge in [0.25, 0.3) is 0 Å². The van der Waals surface area contributed by atoms with Gasteiger partial charge in [-0.1, -0.05) is 13.8 Å². The van der Waals surface area contributed by atoms with Crippen LogP contribution in [0.25, 0.3) is 0 Å². The number of nitrogens with one attached hydrogen (secondary N) is 2. The summed E-state index contributed by atoms with van der Waals surface area (Å²) in [5.41, 5.74) is 0. The molecule has 2 N–H and O–H groups in total. The predicted molar refractivity (Wildman–Crippen MR) is 84.8 cm³/mol. The lowest BCUT2D eigenvalue weighted by Gasteiger charge is -2.12. The summed E-state index contributed by atoms with van der Waals surface area (Å²) < 4.78 is 1.78. The normalized spacial score (nSPS) is 12.1. The number of thiazole rings is 1. The van der Waals surface area contributed by atoms with E-state index < -0.39 is 0 Å². The van der Waals surface area contributed by atoms with Crippen LogP contribution in [0.5, 0.6) is 0 Å². The van der Waals surface area contributed by atoms with Crippen LogP contribution in [-0.2, 0) is 6.54 Å². The number of rotatable bonds is 6. The zero-order chi connectivity index (χ0) is 15.2. The molecule has 1 atom stereocenters. The molecule has 2 amide bonds. The molecule has 0 fully saturated rings. The van der Waals surface area contributed by atoms with E-state index in [1.54, 1.807) is 28.3 Å². The fourth-order valence-electron chi connectivity index (χ4n) is 1.92. The van der Waals surface area contributed by atoms with Crippen molar-refractivity contribution in [2.75, 3.05) is 11.9 Å². The number of carbonyl (C=O) groups excluding carboxylic acids is 1. The van der Waals surface area contributed by atoms with Gasteiger partial charge in [-0.05, 0) is 13.3 Å². The minimum Gasteiger partial charge on any atom is -0.337 e. The Kier molecular flexibility index (Phi) is 5.32. The molecule has 0 radical (unpaired) electrons. The van der Waals surface area contributed by atoms with Crippen molar-refractivity contribution >= 4 is 23.2 Å². The van der Waals surface area contributed by atoms with Crippen LogP contribution in [0.2, 0.25) is 0 Å². The summed E-state index contributed by atoms with van der Waals surface area (Å²) in [6.45, 7) is 7.50. The summed E-state index contributed by atoms with van der Waals surface area (Å²) in [5.74, 6) is 0.919. The fraction of sp³-hybridized carbons (Fsp3) is 0.500. The minimum absolute atomic E-state index is 0.204. The van der Waals surface area contributed by atoms with Crippen molar-refractivity contribution in [1.29, 1.82) is 0 Å². The molecule has 2 heterocycles. The van der Waals surface area contributed by atoms with Crippen molar-refractivity contribution in [1.82, 2.24) is 20.1 Å². The van der Waals surface area contributed by atoms with Crippen LogP contribution in [0, 0.1) is 6.92 Å². The standard InChI is InChI=1S/C14H21N5OS/c1-4-7-19-12(5-6-17-19)18-14(20)16-8-10(2)13-15-9-11(3)21-13/h5-6,9-10H,4,7-8H2,1-3H3,(H2,16,18,20)/t10-/m1/s1. The van der Waals surface area contributed by atoms with Gasteiger partial charge in [-0.25, -0.2) is 14.5 Å². The average Bonchev–Trinajstić information content (AvgIpc) is 3.06. The molecule has 0 unspecified atom stereocenters. The van der Waals surface area contributed by atoms with Crippen LogP contribution < -0.4 is 10.6 Å². The van der Waals surface area contributed by atoms with E-state index in [2.05, 4.69) is 34.6 Å². The Bertz CT molecular complexity index is 592. The number of aryl methyl sites for hydroxylation is 2. The van der Waals surface area contributed by atoms with Gasteiger partial charge in [0.15, 0.2) is 0 Å². The van der Waals surface area contributed by atoms with E-state index >= 15 is 0 Å². The van der Waals surface area contributed by atoms with Gasteiger partial charge < -0.3 is 5.32 Å². The molecule has 0 bridgehead atoms.